The highest BCUT2D eigenvalue weighted by molar-refractivity contribution is 9.10. The number of benzene rings is 2. The fraction of sp³-hybridized carbons (Fsp3) is 0.0769. The van der Waals surface area contributed by atoms with Crippen molar-refractivity contribution in [3.8, 4) is 0 Å². The van der Waals surface area contributed by atoms with Gasteiger partial charge in [-0.1, -0.05) is 18.2 Å². The first-order valence-corrected chi connectivity index (χ1v) is 7.97. The normalized spacial score (nSPS) is 11.6. The SMILES string of the molecule is O=S(=O)(NCc1ccc(F)c(F)c1F)c1ccccc1Br. The first-order valence-electron chi connectivity index (χ1n) is 5.69. The lowest BCUT2D eigenvalue weighted by Crippen LogP contribution is -2.24. The lowest BCUT2D eigenvalue weighted by atomic mass is 10.2. The lowest BCUT2D eigenvalue weighted by molar-refractivity contribution is 0.440. The predicted octanol–water partition coefficient (Wildman–Crippen LogP) is 3.34. The van der Waals surface area contributed by atoms with Gasteiger partial charge in [-0.25, -0.2) is 26.3 Å². The summed E-state index contributed by atoms with van der Waals surface area (Å²) < 4.78 is 65.9. The van der Waals surface area contributed by atoms with Crippen molar-refractivity contribution in [1.82, 2.24) is 4.72 Å². The van der Waals surface area contributed by atoms with E-state index in [0.29, 0.717) is 4.47 Å². The smallest absolute Gasteiger partial charge is 0.207 e. The molecular formula is C13H9BrF3NO2S. The van der Waals surface area contributed by atoms with Crippen LogP contribution in [0.15, 0.2) is 45.8 Å². The van der Waals surface area contributed by atoms with Crippen LogP contribution in [0.4, 0.5) is 13.2 Å². The molecule has 0 aromatic heterocycles. The van der Waals surface area contributed by atoms with Crippen LogP contribution in [0.2, 0.25) is 0 Å². The molecule has 2 aromatic carbocycles. The summed E-state index contributed by atoms with van der Waals surface area (Å²) in [6.45, 7) is -0.493. The van der Waals surface area contributed by atoms with E-state index in [1.807, 2.05) is 0 Å². The summed E-state index contributed by atoms with van der Waals surface area (Å²) in [4.78, 5) is -0.0343. The molecule has 0 heterocycles. The summed E-state index contributed by atoms with van der Waals surface area (Å²) in [7, 11) is -3.91. The van der Waals surface area contributed by atoms with Crippen molar-refractivity contribution >= 4 is 26.0 Å². The topological polar surface area (TPSA) is 46.2 Å². The Bertz CT molecular complexity index is 781. The van der Waals surface area contributed by atoms with E-state index in [0.717, 1.165) is 12.1 Å². The fourth-order valence-electron chi connectivity index (χ4n) is 1.62. The van der Waals surface area contributed by atoms with Crippen LogP contribution in [-0.4, -0.2) is 8.42 Å². The Morgan fingerprint density at radius 3 is 2.33 bits per heavy atom. The highest BCUT2D eigenvalue weighted by Gasteiger charge is 2.19. The Hall–Kier alpha value is -1.38. The molecule has 0 amide bonds. The summed E-state index contributed by atoms with van der Waals surface area (Å²) in [5.41, 5.74) is -0.287. The molecule has 2 rings (SSSR count). The number of rotatable bonds is 4. The molecule has 1 N–H and O–H groups in total. The van der Waals surface area contributed by atoms with E-state index >= 15 is 0 Å². The Morgan fingerprint density at radius 1 is 1.00 bits per heavy atom. The molecule has 8 heteroatoms. The molecule has 0 saturated carbocycles. The highest BCUT2D eigenvalue weighted by atomic mass is 79.9. The van der Waals surface area contributed by atoms with E-state index in [4.69, 9.17) is 0 Å². The molecule has 0 aliphatic heterocycles. The molecule has 3 nitrogen and oxygen atoms in total. The average molecular weight is 380 g/mol. The van der Waals surface area contributed by atoms with Gasteiger partial charge in [0.2, 0.25) is 10.0 Å². The van der Waals surface area contributed by atoms with Gasteiger partial charge in [0.25, 0.3) is 0 Å². The van der Waals surface area contributed by atoms with Crippen LogP contribution in [0.25, 0.3) is 0 Å². The van der Waals surface area contributed by atoms with Gasteiger partial charge in [-0.3, -0.25) is 0 Å². The van der Waals surface area contributed by atoms with Crippen molar-refractivity contribution in [3.63, 3.8) is 0 Å². The van der Waals surface area contributed by atoms with Crippen LogP contribution in [0.3, 0.4) is 0 Å². The summed E-state index contributed by atoms with van der Waals surface area (Å²) >= 11 is 3.09. The van der Waals surface area contributed by atoms with Crippen LogP contribution in [0.1, 0.15) is 5.56 Å². The number of halogens is 4. The maximum Gasteiger partial charge on any atom is 0.241 e. The minimum absolute atomic E-state index is 0.0343. The minimum atomic E-state index is -3.91. The molecule has 112 valence electrons. The van der Waals surface area contributed by atoms with E-state index in [-0.39, 0.29) is 10.5 Å². The van der Waals surface area contributed by atoms with E-state index in [2.05, 4.69) is 20.7 Å². The molecule has 0 saturated heterocycles. The second kappa shape index (κ2) is 6.17. The van der Waals surface area contributed by atoms with E-state index in [1.165, 1.54) is 18.2 Å². The Balaban J connectivity index is 2.24. The largest absolute Gasteiger partial charge is 0.241 e. The average Bonchev–Trinajstić information content (AvgIpc) is 2.44. The van der Waals surface area contributed by atoms with E-state index in [1.54, 1.807) is 6.07 Å². The van der Waals surface area contributed by atoms with Crippen molar-refractivity contribution in [1.29, 1.82) is 0 Å². The van der Waals surface area contributed by atoms with Gasteiger partial charge < -0.3 is 0 Å². The van der Waals surface area contributed by atoms with Gasteiger partial charge in [0, 0.05) is 16.6 Å². The third-order valence-corrected chi connectivity index (χ3v) is 5.11. The number of sulfonamides is 1. The van der Waals surface area contributed by atoms with Crippen LogP contribution in [0.5, 0.6) is 0 Å². The molecule has 0 bridgehead atoms. The molecule has 0 fully saturated rings. The van der Waals surface area contributed by atoms with Crippen molar-refractivity contribution < 1.29 is 21.6 Å². The number of hydrogen-bond donors (Lipinski definition) is 1. The second-order valence-electron chi connectivity index (χ2n) is 4.09. The zero-order valence-corrected chi connectivity index (χ0v) is 12.8. The lowest BCUT2D eigenvalue weighted by Gasteiger charge is -2.09. The van der Waals surface area contributed by atoms with Crippen molar-refractivity contribution in [2.24, 2.45) is 0 Å². The molecule has 0 spiro atoms. The molecule has 0 radical (unpaired) electrons. The minimum Gasteiger partial charge on any atom is -0.207 e. The summed E-state index contributed by atoms with van der Waals surface area (Å²) in [5.74, 6) is -4.37. The third-order valence-electron chi connectivity index (χ3n) is 2.69. The van der Waals surface area contributed by atoms with Crippen LogP contribution < -0.4 is 4.72 Å². The predicted molar refractivity (Wildman–Crippen MR) is 74.5 cm³/mol. The maximum absolute atomic E-state index is 13.5. The summed E-state index contributed by atoms with van der Waals surface area (Å²) in [6.07, 6.45) is 0. The van der Waals surface area contributed by atoms with Gasteiger partial charge in [0.05, 0.1) is 4.90 Å². The third kappa shape index (κ3) is 3.45. The van der Waals surface area contributed by atoms with Crippen LogP contribution in [-0.2, 0) is 16.6 Å². The van der Waals surface area contributed by atoms with Gasteiger partial charge >= 0.3 is 0 Å². The van der Waals surface area contributed by atoms with Crippen molar-refractivity contribution in [3.05, 3.63) is 63.9 Å². The molecule has 0 aliphatic carbocycles. The Kier molecular flexibility index (Phi) is 4.70. The molecular weight excluding hydrogens is 371 g/mol. The van der Waals surface area contributed by atoms with Crippen molar-refractivity contribution in [2.45, 2.75) is 11.4 Å². The van der Waals surface area contributed by atoms with Crippen LogP contribution in [0, 0.1) is 17.5 Å². The van der Waals surface area contributed by atoms with Crippen LogP contribution >= 0.6 is 15.9 Å². The fourth-order valence-corrected chi connectivity index (χ4v) is 3.62. The number of hydrogen-bond acceptors (Lipinski definition) is 2. The second-order valence-corrected chi connectivity index (χ2v) is 6.68. The van der Waals surface area contributed by atoms with E-state index < -0.39 is 34.0 Å². The van der Waals surface area contributed by atoms with Crippen molar-refractivity contribution in [2.75, 3.05) is 0 Å². The van der Waals surface area contributed by atoms with E-state index in [9.17, 15) is 21.6 Å². The van der Waals surface area contributed by atoms with Gasteiger partial charge in [0.15, 0.2) is 17.5 Å². The Morgan fingerprint density at radius 2 is 1.67 bits per heavy atom. The first-order chi connectivity index (χ1) is 9.83. The van der Waals surface area contributed by atoms with Gasteiger partial charge in [0.1, 0.15) is 0 Å². The number of nitrogens with one attached hydrogen (secondary N) is 1. The maximum atomic E-state index is 13.5. The highest BCUT2D eigenvalue weighted by Crippen LogP contribution is 2.21. The van der Waals surface area contributed by atoms with Gasteiger partial charge in [-0.15, -0.1) is 0 Å². The first kappa shape index (κ1) is 16.0. The zero-order valence-electron chi connectivity index (χ0n) is 10.4. The van der Waals surface area contributed by atoms with Gasteiger partial charge in [-0.05, 0) is 34.1 Å². The molecule has 0 aliphatic rings. The molecule has 0 atom stereocenters. The Labute approximate surface area is 128 Å². The monoisotopic (exact) mass is 379 g/mol. The quantitative estimate of drug-likeness (QED) is 0.828. The standard InChI is InChI=1S/C13H9BrF3NO2S/c14-9-3-1-2-4-11(9)21(19,20)18-7-8-5-6-10(15)13(17)12(8)16/h1-6,18H,7H2. The van der Waals surface area contributed by atoms with Gasteiger partial charge in [-0.2, -0.15) is 0 Å². The molecule has 0 unspecified atom stereocenters. The molecule has 2 aromatic rings. The zero-order chi connectivity index (χ0) is 15.6. The summed E-state index contributed by atoms with van der Waals surface area (Å²) in [6, 6.07) is 7.77. The summed E-state index contributed by atoms with van der Waals surface area (Å²) in [5, 5.41) is 0. The molecule has 21 heavy (non-hydrogen) atoms.